The Bertz CT molecular complexity index is 941. The van der Waals surface area contributed by atoms with Gasteiger partial charge in [-0.2, -0.15) is 16.3 Å². The van der Waals surface area contributed by atoms with Gasteiger partial charge in [-0.25, -0.2) is 0 Å². The number of esters is 1. The molecule has 0 fully saturated rings. The van der Waals surface area contributed by atoms with Crippen LogP contribution in [0.4, 0.5) is 0 Å². The summed E-state index contributed by atoms with van der Waals surface area (Å²) in [5.74, 6) is 1.64. The lowest BCUT2D eigenvalue weighted by Crippen LogP contribution is -2.16. The Morgan fingerprint density at radius 3 is 3.04 bits per heavy atom. The van der Waals surface area contributed by atoms with E-state index in [1.54, 1.807) is 23.5 Å². The highest BCUT2D eigenvalue weighted by Gasteiger charge is 2.17. The zero-order chi connectivity index (χ0) is 18.6. The molecule has 0 spiro atoms. The molecule has 2 aromatic heterocycles. The monoisotopic (exact) mass is 406 g/mol. The van der Waals surface area contributed by atoms with E-state index in [9.17, 15) is 4.79 Å². The number of ether oxygens (including phenoxy) is 3. The van der Waals surface area contributed by atoms with Gasteiger partial charge in [-0.05, 0) is 29.1 Å². The Morgan fingerprint density at radius 1 is 1.30 bits per heavy atom. The van der Waals surface area contributed by atoms with Gasteiger partial charge in [0, 0.05) is 17.4 Å². The number of nitrogens with zero attached hydrogens (tertiary/aromatic N) is 2. The fourth-order valence-electron chi connectivity index (χ4n) is 2.56. The number of halogens is 1. The molecule has 0 amide bonds. The van der Waals surface area contributed by atoms with E-state index in [0.717, 1.165) is 11.1 Å². The summed E-state index contributed by atoms with van der Waals surface area (Å²) in [6.07, 6.45) is 0.460. The second-order valence-corrected chi connectivity index (χ2v) is 6.97. The number of rotatable bonds is 6. The third-order valence-electron chi connectivity index (χ3n) is 3.85. The number of benzene rings is 1. The summed E-state index contributed by atoms with van der Waals surface area (Å²) >= 11 is 7.73. The lowest BCUT2D eigenvalue weighted by molar-refractivity contribution is -0.145. The number of aromatic nitrogens is 2. The quantitative estimate of drug-likeness (QED) is 0.574. The minimum atomic E-state index is -0.365. The van der Waals surface area contributed by atoms with Gasteiger partial charge in [0.15, 0.2) is 11.5 Å². The first-order chi connectivity index (χ1) is 13.2. The Balaban J connectivity index is 1.29. The molecule has 9 heteroatoms. The summed E-state index contributed by atoms with van der Waals surface area (Å²) in [5, 5.41) is 8.21. The minimum Gasteiger partial charge on any atom is -0.486 e. The predicted octanol–water partition coefficient (Wildman–Crippen LogP) is 3.90. The van der Waals surface area contributed by atoms with Crippen molar-refractivity contribution in [1.29, 1.82) is 0 Å². The van der Waals surface area contributed by atoms with Gasteiger partial charge >= 0.3 is 5.97 Å². The van der Waals surface area contributed by atoms with Crippen molar-refractivity contribution < 1.29 is 23.5 Å². The van der Waals surface area contributed by atoms with Gasteiger partial charge in [0.25, 0.3) is 0 Å². The molecule has 0 unspecified atom stereocenters. The fourth-order valence-corrected chi connectivity index (χ4v) is 3.48. The number of carbonyl (C=O) groups is 1. The van der Waals surface area contributed by atoms with Crippen LogP contribution < -0.4 is 9.47 Å². The van der Waals surface area contributed by atoms with E-state index < -0.39 is 0 Å². The van der Waals surface area contributed by atoms with Crippen molar-refractivity contribution in [2.45, 2.75) is 19.4 Å². The van der Waals surface area contributed by atoms with E-state index in [2.05, 4.69) is 10.1 Å². The molecule has 1 aliphatic rings. The largest absolute Gasteiger partial charge is 0.486 e. The molecule has 1 aliphatic heterocycles. The molecule has 0 N–H and O–H groups in total. The highest BCUT2D eigenvalue weighted by molar-refractivity contribution is 7.08. The Morgan fingerprint density at radius 2 is 2.19 bits per heavy atom. The zero-order valence-corrected chi connectivity index (χ0v) is 15.7. The van der Waals surface area contributed by atoms with Gasteiger partial charge in [0.2, 0.25) is 11.7 Å². The summed E-state index contributed by atoms with van der Waals surface area (Å²) in [6, 6.07) is 5.37. The molecule has 0 aliphatic carbocycles. The molecule has 4 rings (SSSR count). The van der Waals surface area contributed by atoms with Crippen molar-refractivity contribution >= 4 is 28.9 Å². The summed E-state index contributed by atoms with van der Waals surface area (Å²) in [7, 11) is 0. The van der Waals surface area contributed by atoms with Crippen LogP contribution in [0.2, 0.25) is 5.02 Å². The Labute approximate surface area is 163 Å². The molecule has 7 nitrogen and oxygen atoms in total. The highest BCUT2D eigenvalue weighted by atomic mass is 35.5. The minimum absolute atomic E-state index is 0.0964. The second kappa shape index (κ2) is 7.98. The van der Waals surface area contributed by atoms with Crippen LogP contribution in [0.1, 0.15) is 17.9 Å². The van der Waals surface area contributed by atoms with Gasteiger partial charge in [0.05, 0.1) is 11.4 Å². The average Bonchev–Trinajstić information content (AvgIpc) is 3.36. The molecule has 27 heavy (non-hydrogen) atoms. The van der Waals surface area contributed by atoms with Crippen molar-refractivity contribution in [2.24, 2.45) is 0 Å². The number of carbonyl (C=O) groups excluding carboxylic acids is 1. The maximum atomic E-state index is 12.0. The number of hydrogen-bond acceptors (Lipinski definition) is 8. The Kier molecular flexibility index (Phi) is 5.26. The number of thiophene rings is 1. The standard InChI is InChI=1S/C18H15ClN2O5S/c19-13-7-11(8-14-17(13)24-5-4-23-14)9-25-16(22)2-1-15-20-18(21-26-15)12-3-6-27-10-12/h3,6-8,10H,1-2,4-5,9H2. The third-order valence-corrected chi connectivity index (χ3v) is 4.81. The maximum Gasteiger partial charge on any atom is 0.306 e. The molecule has 0 atom stereocenters. The Hall–Kier alpha value is -2.58. The smallest absolute Gasteiger partial charge is 0.306 e. The normalized spacial score (nSPS) is 12.8. The fraction of sp³-hybridized carbons (Fsp3) is 0.278. The van der Waals surface area contributed by atoms with Crippen molar-refractivity contribution in [3.63, 3.8) is 0 Å². The molecule has 0 radical (unpaired) electrons. The van der Waals surface area contributed by atoms with Crippen LogP contribution in [0, 0.1) is 0 Å². The third kappa shape index (κ3) is 4.23. The maximum absolute atomic E-state index is 12.0. The number of aryl methyl sites for hydroxylation is 1. The van der Waals surface area contributed by atoms with Gasteiger partial charge in [-0.1, -0.05) is 16.8 Å². The molecular weight excluding hydrogens is 392 g/mol. The van der Waals surface area contributed by atoms with Gasteiger partial charge in [-0.3, -0.25) is 4.79 Å². The average molecular weight is 407 g/mol. The first-order valence-electron chi connectivity index (χ1n) is 8.28. The second-order valence-electron chi connectivity index (χ2n) is 5.79. The topological polar surface area (TPSA) is 83.7 Å². The van der Waals surface area contributed by atoms with Crippen LogP contribution in [0.5, 0.6) is 11.5 Å². The van der Waals surface area contributed by atoms with Crippen LogP contribution >= 0.6 is 22.9 Å². The van der Waals surface area contributed by atoms with Crippen molar-refractivity contribution in [2.75, 3.05) is 13.2 Å². The lowest BCUT2D eigenvalue weighted by atomic mass is 10.2. The van der Waals surface area contributed by atoms with E-state index >= 15 is 0 Å². The molecule has 1 aromatic carbocycles. The molecule has 140 valence electrons. The molecular formula is C18H15ClN2O5S. The molecule has 0 bridgehead atoms. The summed E-state index contributed by atoms with van der Waals surface area (Å²) in [6.45, 7) is 1.02. The van der Waals surface area contributed by atoms with Gasteiger partial charge in [-0.15, -0.1) is 0 Å². The summed E-state index contributed by atoms with van der Waals surface area (Å²) in [5.41, 5.74) is 1.63. The summed E-state index contributed by atoms with van der Waals surface area (Å²) in [4.78, 5) is 16.3. The van der Waals surface area contributed by atoms with Gasteiger partial charge in [0.1, 0.15) is 19.8 Å². The van der Waals surface area contributed by atoms with Crippen molar-refractivity contribution in [1.82, 2.24) is 10.1 Å². The van der Waals surface area contributed by atoms with Crippen molar-refractivity contribution in [3.05, 3.63) is 45.4 Å². The molecule has 0 saturated heterocycles. The van der Waals surface area contributed by atoms with Crippen LogP contribution in [0.15, 0.2) is 33.5 Å². The number of hydrogen-bond donors (Lipinski definition) is 0. The van der Waals surface area contributed by atoms with E-state index in [1.165, 1.54) is 0 Å². The van der Waals surface area contributed by atoms with E-state index in [0.29, 0.717) is 47.9 Å². The predicted molar refractivity (Wildman–Crippen MR) is 98.2 cm³/mol. The van der Waals surface area contributed by atoms with Crippen LogP contribution in [0.3, 0.4) is 0 Å². The first kappa shape index (κ1) is 17.8. The lowest BCUT2D eigenvalue weighted by Gasteiger charge is -2.20. The molecule has 3 heterocycles. The van der Waals surface area contributed by atoms with E-state index in [4.69, 9.17) is 30.3 Å². The summed E-state index contributed by atoms with van der Waals surface area (Å²) < 4.78 is 21.4. The number of fused-ring (bicyclic) bond motifs is 1. The first-order valence-corrected chi connectivity index (χ1v) is 9.60. The van der Waals surface area contributed by atoms with Crippen LogP contribution in [-0.2, 0) is 22.6 Å². The van der Waals surface area contributed by atoms with Crippen LogP contribution in [-0.4, -0.2) is 29.3 Å². The van der Waals surface area contributed by atoms with E-state index in [-0.39, 0.29) is 19.0 Å². The highest BCUT2D eigenvalue weighted by Crippen LogP contribution is 2.38. The van der Waals surface area contributed by atoms with Gasteiger partial charge < -0.3 is 18.7 Å². The molecule has 0 saturated carbocycles. The van der Waals surface area contributed by atoms with Crippen molar-refractivity contribution in [3.8, 4) is 22.9 Å². The van der Waals surface area contributed by atoms with E-state index in [1.807, 2.05) is 16.8 Å². The zero-order valence-electron chi connectivity index (χ0n) is 14.1. The SMILES string of the molecule is O=C(CCc1nc(-c2ccsc2)no1)OCc1cc(Cl)c2c(c1)OCCO2. The molecule has 3 aromatic rings. The van der Waals surface area contributed by atoms with Crippen LogP contribution in [0.25, 0.3) is 11.4 Å².